The van der Waals surface area contributed by atoms with Gasteiger partial charge in [0.2, 0.25) is 0 Å². The third-order valence-electron chi connectivity index (χ3n) is 7.35. The number of carbonyl (C=O) groups is 3. The Morgan fingerprint density at radius 3 is 2.43 bits per heavy atom. The van der Waals surface area contributed by atoms with Crippen LogP contribution in [0.5, 0.6) is 0 Å². The number of aryl methyl sites for hydroxylation is 1. The van der Waals surface area contributed by atoms with Crippen molar-refractivity contribution in [3.63, 3.8) is 0 Å². The monoisotopic (exact) mass is 512 g/mol. The summed E-state index contributed by atoms with van der Waals surface area (Å²) < 4.78 is 19.1. The normalized spacial score (nSPS) is 29.2. The molecule has 0 aliphatic heterocycles. The summed E-state index contributed by atoms with van der Waals surface area (Å²) in [5.41, 5.74) is 1.86. The second kappa shape index (κ2) is 12.9. The number of allylic oxidation sites excluding steroid dienone is 2. The lowest BCUT2D eigenvalue weighted by Gasteiger charge is -2.43. The van der Waals surface area contributed by atoms with Crippen LogP contribution < -0.4 is 0 Å². The first kappa shape index (κ1) is 28.4. The zero-order chi connectivity index (χ0) is 27.1. The van der Waals surface area contributed by atoms with Crippen molar-refractivity contribution < 1.29 is 28.6 Å². The second-order valence-electron chi connectivity index (χ2n) is 10.6. The lowest BCUT2D eigenvalue weighted by Crippen LogP contribution is -2.41. The zero-order valence-corrected chi connectivity index (χ0v) is 22.8. The molecule has 8 heteroatoms. The number of hydrogen-bond acceptors (Lipinski definition) is 7. The van der Waals surface area contributed by atoms with Crippen LogP contribution in [-0.2, 0) is 35.6 Å². The van der Waals surface area contributed by atoms with E-state index in [1.165, 1.54) is 25.5 Å². The molecule has 0 spiro atoms. The minimum atomic E-state index is -0.756. The van der Waals surface area contributed by atoms with E-state index in [2.05, 4.69) is 31.8 Å². The van der Waals surface area contributed by atoms with Gasteiger partial charge in [-0.15, -0.1) is 0 Å². The van der Waals surface area contributed by atoms with Gasteiger partial charge in [0, 0.05) is 39.6 Å². The summed E-state index contributed by atoms with van der Waals surface area (Å²) in [6.07, 6.45) is 13.3. The molecule has 2 aliphatic rings. The number of hydrogen-bond donors (Lipinski definition) is 0. The molecule has 3 rings (SSSR count). The summed E-state index contributed by atoms with van der Waals surface area (Å²) in [5.74, 6) is -0.154. The Hall–Kier alpha value is -3.16. The fraction of sp³-hybridized carbons (Fsp3) is 0.586. The van der Waals surface area contributed by atoms with E-state index >= 15 is 0 Å². The van der Waals surface area contributed by atoms with Crippen LogP contribution in [0.3, 0.4) is 0 Å². The van der Waals surface area contributed by atoms with Crippen molar-refractivity contribution in [3.05, 3.63) is 48.1 Å². The van der Waals surface area contributed by atoms with Gasteiger partial charge >= 0.3 is 17.9 Å². The fourth-order valence-electron chi connectivity index (χ4n) is 5.64. The van der Waals surface area contributed by atoms with E-state index in [4.69, 9.17) is 14.2 Å². The van der Waals surface area contributed by atoms with Crippen LogP contribution in [0.4, 0.5) is 0 Å². The lowest BCUT2D eigenvalue weighted by molar-refractivity contribution is -0.161. The molecule has 0 saturated carbocycles. The molecule has 0 radical (unpaired) electrons. The van der Waals surface area contributed by atoms with Crippen molar-refractivity contribution in [1.82, 2.24) is 9.55 Å². The fourth-order valence-corrected chi connectivity index (χ4v) is 5.64. The molecular weight excluding hydrogens is 472 g/mol. The topological polar surface area (TPSA) is 96.7 Å². The number of fused-ring (bicyclic) bond motifs is 1. The van der Waals surface area contributed by atoms with Gasteiger partial charge in [-0.3, -0.25) is 9.59 Å². The van der Waals surface area contributed by atoms with E-state index in [-0.39, 0.29) is 23.9 Å². The second-order valence-corrected chi connectivity index (χ2v) is 10.6. The largest absolute Gasteiger partial charge is 0.462 e. The van der Waals surface area contributed by atoms with Crippen molar-refractivity contribution >= 4 is 24.0 Å². The summed E-state index contributed by atoms with van der Waals surface area (Å²) in [4.78, 5) is 40.9. The maximum absolute atomic E-state index is 12.9. The highest BCUT2D eigenvalue weighted by atomic mass is 16.6. The Bertz CT molecular complexity index is 1050. The van der Waals surface area contributed by atoms with Crippen molar-refractivity contribution in [2.45, 2.75) is 78.6 Å². The van der Waals surface area contributed by atoms with Crippen molar-refractivity contribution in [3.8, 4) is 0 Å². The Balaban J connectivity index is 1.95. The first-order chi connectivity index (χ1) is 17.5. The molecule has 6 atom stereocenters. The molecule has 202 valence electrons. The maximum Gasteiger partial charge on any atom is 0.331 e. The van der Waals surface area contributed by atoms with Crippen molar-refractivity contribution in [1.29, 1.82) is 0 Å². The Morgan fingerprint density at radius 1 is 1.08 bits per heavy atom. The van der Waals surface area contributed by atoms with Gasteiger partial charge in [0.1, 0.15) is 12.2 Å². The van der Waals surface area contributed by atoms with Crippen LogP contribution in [0.15, 0.2) is 42.4 Å². The molecule has 0 saturated heterocycles. The first-order valence-corrected chi connectivity index (χ1v) is 13.1. The van der Waals surface area contributed by atoms with Gasteiger partial charge in [-0.25, -0.2) is 9.78 Å². The van der Waals surface area contributed by atoms with Crippen LogP contribution in [0.1, 0.15) is 66.0 Å². The van der Waals surface area contributed by atoms with Crippen LogP contribution in [-0.4, -0.2) is 45.8 Å². The van der Waals surface area contributed by atoms with Crippen molar-refractivity contribution in [2.75, 3.05) is 0 Å². The predicted molar refractivity (Wildman–Crippen MR) is 140 cm³/mol. The number of carbonyl (C=O) groups excluding carboxylic acids is 3. The summed E-state index contributed by atoms with van der Waals surface area (Å²) in [5, 5.41) is 0. The molecule has 8 nitrogen and oxygen atoms in total. The van der Waals surface area contributed by atoms with Crippen LogP contribution in [0.2, 0.25) is 0 Å². The van der Waals surface area contributed by atoms with Crippen LogP contribution in [0, 0.1) is 23.7 Å². The molecule has 0 bridgehead atoms. The van der Waals surface area contributed by atoms with Gasteiger partial charge in [0.05, 0.1) is 12.0 Å². The number of esters is 3. The average Bonchev–Trinajstić information content (AvgIpc) is 3.22. The van der Waals surface area contributed by atoms with Gasteiger partial charge in [-0.2, -0.15) is 0 Å². The van der Waals surface area contributed by atoms with E-state index in [9.17, 15) is 14.4 Å². The Morgan fingerprint density at radius 2 is 1.81 bits per heavy atom. The maximum atomic E-state index is 12.9. The number of nitrogens with zero attached hydrogens (tertiary/aromatic N) is 2. The first-order valence-electron chi connectivity index (χ1n) is 13.1. The molecule has 1 aromatic rings. The van der Waals surface area contributed by atoms with E-state index in [0.29, 0.717) is 30.4 Å². The number of rotatable bonds is 6. The molecular formula is C29H40N2O6. The van der Waals surface area contributed by atoms with E-state index < -0.39 is 24.1 Å². The molecule has 2 aliphatic carbocycles. The Labute approximate surface area is 219 Å². The third kappa shape index (κ3) is 8.17. The standard InChI is InChI=1S/C29H40N2O6/c1-18(2)24-12-10-19(3)25-15-28(37-29(34)13-11-22-16-31(6)17-30-22)27(36-21(5)33)9-7-8-23(14-26(24)25)35-20(4)32/h7,9-11,13,16-18,23-28H,8,12,14-15H2,1-6H3/b9-7-,13-11+/t23-,24-,25+,26-,27-,28+/m1/s1. The average molecular weight is 513 g/mol. The minimum Gasteiger partial charge on any atom is -0.462 e. The summed E-state index contributed by atoms with van der Waals surface area (Å²) in [6, 6.07) is 0. The predicted octanol–water partition coefficient (Wildman–Crippen LogP) is 4.80. The van der Waals surface area contributed by atoms with Crippen LogP contribution >= 0.6 is 0 Å². The van der Waals surface area contributed by atoms with Gasteiger partial charge in [0.25, 0.3) is 0 Å². The lowest BCUT2D eigenvalue weighted by atomic mass is 9.64. The van der Waals surface area contributed by atoms with E-state index in [1.807, 2.05) is 13.1 Å². The van der Waals surface area contributed by atoms with Crippen molar-refractivity contribution in [2.24, 2.45) is 30.7 Å². The molecule has 0 amide bonds. The zero-order valence-electron chi connectivity index (χ0n) is 22.8. The molecule has 0 fully saturated rings. The SMILES string of the molecule is CC(=O)O[C@@H]1C/C=C\[C@@H](OC(C)=O)[C@@H](OC(=O)/C=C/c2cn(C)cn2)C[C@H]2C(C)=CC[C@H](C(C)C)[C@H]2C1. The van der Waals surface area contributed by atoms with Crippen LogP contribution in [0.25, 0.3) is 6.08 Å². The summed E-state index contributed by atoms with van der Waals surface area (Å²) in [7, 11) is 1.85. The van der Waals surface area contributed by atoms with Gasteiger partial charge in [0.15, 0.2) is 6.10 Å². The Kier molecular flexibility index (Phi) is 9.89. The summed E-state index contributed by atoms with van der Waals surface area (Å²) in [6.45, 7) is 9.32. The van der Waals surface area contributed by atoms with Gasteiger partial charge in [-0.1, -0.05) is 31.6 Å². The van der Waals surface area contributed by atoms with Gasteiger partial charge in [-0.05, 0) is 62.0 Å². The third-order valence-corrected chi connectivity index (χ3v) is 7.35. The highest BCUT2D eigenvalue weighted by molar-refractivity contribution is 5.86. The molecule has 0 aromatic carbocycles. The molecule has 1 heterocycles. The quantitative estimate of drug-likeness (QED) is 0.234. The minimum absolute atomic E-state index is 0.0846. The smallest absolute Gasteiger partial charge is 0.331 e. The number of imidazole rings is 1. The molecule has 0 N–H and O–H groups in total. The summed E-state index contributed by atoms with van der Waals surface area (Å²) >= 11 is 0. The van der Waals surface area contributed by atoms with E-state index in [0.717, 1.165) is 12.8 Å². The molecule has 1 aromatic heterocycles. The highest BCUT2D eigenvalue weighted by Crippen LogP contribution is 2.45. The molecule has 0 unspecified atom stereocenters. The number of ether oxygens (including phenoxy) is 3. The number of aromatic nitrogens is 2. The highest BCUT2D eigenvalue weighted by Gasteiger charge is 2.40. The van der Waals surface area contributed by atoms with E-state index in [1.54, 1.807) is 29.2 Å². The molecule has 37 heavy (non-hydrogen) atoms. The van der Waals surface area contributed by atoms with Gasteiger partial charge < -0.3 is 18.8 Å².